The lowest BCUT2D eigenvalue weighted by molar-refractivity contribution is -0.143. The van der Waals surface area contributed by atoms with E-state index in [2.05, 4.69) is 36.5 Å². The van der Waals surface area contributed by atoms with E-state index in [4.69, 9.17) is 5.11 Å². The summed E-state index contributed by atoms with van der Waals surface area (Å²) in [5, 5.41) is 12.5. The maximum absolute atomic E-state index is 11.0. The van der Waals surface area contributed by atoms with Gasteiger partial charge in [0.15, 0.2) is 0 Å². The molecule has 1 aliphatic carbocycles. The van der Waals surface area contributed by atoms with Crippen LogP contribution >= 0.6 is 0 Å². The van der Waals surface area contributed by atoms with Gasteiger partial charge in [-0.3, -0.25) is 4.79 Å². The second-order valence-corrected chi connectivity index (χ2v) is 5.57. The van der Waals surface area contributed by atoms with Gasteiger partial charge in [-0.25, -0.2) is 0 Å². The van der Waals surface area contributed by atoms with Crippen molar-refractivity contribution in [2.75, 3.05) is 7.05 Å². The number of rotatable bonds is 4. The molecule has 0 amide bonds. The number of hydrogen-bond acceptors (Lipinski definition) is 2. The van der Waals surface area contributed by atoms with Crippen molar-refractivity contribution in [1.82, 2.24) is 5.32 Å². The van der Waals surface area contributed by atoms with Crippen LogP contribution in [0.15, 0.2) is 24.3 Å². The fraction of sp³-hybridized carbons (Fsp3) is 0.562. The first-order valence-electron chi connectivity index (χ1n) is 7.09. The predicted octanol–water partition coefficient (Wildman–Crippen LogP) is 3.15. The molecule has 2 rings (SSSR count). The molecular weight excluding hydrogens is 238 g/mol. The molecule has 19 heavy (non-hydrogen) atoms. The first-order valence-corrected chi connectivity index (χ1v) is 7.09. The van der Waals surface area contributed by atoms with Crippen LogP contribution in [0, 0.1) is 18.8 Å². The summed E-state index contributed by atoms with van der Waals surface area (Å²) >= 11 is 0. The zero-order chi connectivity index (χ0) is 13.8. The van der Waals surface area contributed by atoms with E-state index in [0.717, 1.165) is 25.7 Å². The van der Waals surface area contributed by atoms with Crippen molar-refractivity contribution >= 4 is 5.97 Å². The molecule has 0 radical (unpaired) electrons. The number of nitrogens with one attached hydrogen (secondary N) is 1. The Morgan fingerprint density at radius 2 is 1.89 bits per heavy atom. The molecule has 0 spiro atoms. The highest BCUT2D eigenvalue weighted by molar-refractivity contribution is 5.70. The zero-order valence-electron chi connectivity index (χ0n) is 11.7. The van der Waals surface area contributed by atoms with Crippen LogP contribution in [0.5, 0.6) is 0 Å². The Bertz CT molecular complexity index is 436. The van der Waals surface area contributed by atoms with Crippen molar-refractivity contribution in [3.63, 3.8) is 0 Å². The number of hydrogen-bond donors (Lipinski definition) is 2. The van der Waals surface area contributed by atoms with Gasteiger partial charge in [0.05, 0.1) is 5.92 Å². The van der Waals surface area contributed by atoms with E-state index in [1.807, 2.05) is 7.05 Å². The van der Waals surface area contributed by atoms with Crippen LogP contribution in [0.25, 0.3) is 0 Å². The first kappa shape index (κ1) is 14.1. The van der Waals surface area contributed by atoms with E-state index in [1.54, 1.807) is 0 Å². The van der Waals surface area contributed by atoms with E-state index in [-0.39, 0.29) is 5.92 Å². The molecule has 0 aromatic heterocycles. The maximum Gasteiger partial charge on any atom is 0.306 e. The van der Waals surface area contributed by atoms with Crippen molar-refractivity contribution in [2.45, 2.75) is 38.6 Å². The summed E-state index contributed by atoms with van der Waals surface area (Å²) in [6, 6.07) is 8.81. The van der Waals surface area contributed by atoms with Crippen LogP contribution in [0.4, 0.5) is 0 Å². The lowest BCUT2D eigenvalue weighted by atomic mass is 9.76. The molecule has 3 heteroatoms. The van der Waals surface area contributed by atoms with Gasteiger partial charge >= 0.3 is 5.97 Å². The normalized spacial score (nSPS) is 24.9. The standard InChI is InChI=1S/C16H23NO2/c1-11-5-3-4-6-14(11)15(17-2)12-7-9-13(10-8-12)16(18)19/h3-6,12-13,15,17H,7-10H2,1-2H3,(H,18,19). The van der Waals surface area contributed by atoms with Crippen LogP contribution in [0.1, 0.15) is 42.9 Å². The SMILES string of the molecule is CNC(c1ccccc1C)C1CCC(C(=O)O)CC1. The summed E-state index contributed by atoms with van der Waals surface area (Å²) in [4.78, 5) is 11.0. The van der Waals surface area contributed by atoms with Crippen LogP contribution in [-0.2, 0) is 4.79 Å². The minimum Gasteiger partial charge on any atom is -0.481 e. The fourth-order valence-corrected chi connectivity index (χ4v) is 3.28. The summed E-state index contributed by atoms with van der Waals surface area (Å²) in [6.45, 7) is 2.14. The molecule has 1 aliphatic rings. The summed E-state index contributed by atoms with van der Waals surface area (Å²) < 4.78 is 0. The van der Waals surface area contributed by atoms with E-state index in [0.29, 0.717) is 12.0 Å². The minimum atomic E-state index is -0.629. The Labute approximate surface area is 115 Å². The van der Waals surface area contributed by atoms with Gasteiger partial charge in [0.1, 0.15) is 0 Å². The molecule has 1 aromatic rings. The molecular formula is C16H23NO2. The second-order valence-electron chi connectivity index (χ2n) is 5.57. The number of carbonyl (C=O) groups is 1. The Morgan fingerprint density at radius 3 is 2.42 bits per heavy atom. The van der Waals surface area contributed by atoms with E-state index in [1.165, 1.54) is 11.1 Å². The largest absolute Gasteiger partial charge is 0.481 e. The van der Waals surface area contributed by atoms with Gasteiger partial charge in [0.25, 0.3) is 0 Å². The molecule has 1 unspecified atom stereocenters. The van der Waals surface area contributed by atoms with Crippen LogP contribution in [0.2, 0.25) is 0 Å². The molecule has 104 valence electrons. The Balaban J connectivity index is 2.08. The average Bonchev–Trinajstić information content (AvgIpc) is 2.42. The third kappa shape index (κ3) is 3.16. The van der Waals surface area contributed by atoms with E-state index >= 15 is 0 Å². The van der Waals surface area contributed by atoms with Crippen LogP contribution in [-0.4, -0.2) is 18.1 Å². The number of carboxylic acid groups (broad SMARTS) is 1. The third-order valence-electron chi connectivity index (χ3n) is 4.43. The van der Waals surface area contributed by atoms with Crippen molar-refractivity contribution in [2.24, 2.45) is 11.8 Å². The summed E-state index contributed by atoms with van der Waals surface area (Å²) in [5.41, 5.74) is 2.66. The van der Waals surface area contributed by atoms with Gasteiger partial charge in [0, 0.05) is 6.04 Å². The number of carboxylic acids is 1. The maximum atomic E-state index is 11.0. The quantitative estimate of drug-likeness (QED) is 0.875. The fourth-order valence-electron chi connectivity index (χ4n) is 3.28. The smallest absolute Gasteiger partial charge is 0.306 e. The first-order chi connectivity index (χ1) is 9.13. The van der Waals surface area contributed by atoms with Crippen molar-refractivity contribution in [3.05, 3.63) is 35.4 Å². The van der Waals surface area contributed by atoms with Gasteiger partial charge in [-0.2, -0.15) is 0 Å². The van der Waals surface area contributed by atoms with Gasteiger partial charge in [-0.15, -0.1) is 0 Å². The van der Waals surface area contributed by atoms with E-state index in [9.17, 15) is 4.79 Å². The highest BCUT2D eigenvalue weighted by Gasteiger charge is 2.30. The lowest BCUT2D eigenvalue weighted by Crippen LogP contribution is -2.31. The monoisotopic (exact) mass is 261 g/mol. The Morgan fingerprint density at radius 1 is 1.26 bits per heavy atom. The van der Waals surface area contributed by atoms with Gasteiger partial charge < -0.3 is 10.4 Å². The molecule has 3 nitrogen and oxygen atoms in total. The Kier molecular flexibility index (Phi) is 4.59. The van der Waals surface area contributed by atoms with Crippen LogP contribution in [0.3, 0.4) is 0 Å². The molecule has 0 saturated heterocycles. The van der Waals surface area contributed by atoms with Crippen molar-refractivity contribution in [1.29, 1.82) is 0 Å². The van der Waals surface area contributed by atoms with E-state index < -0.39 is 5.97 Å². The van der Waals surface area contributed by atoms with Gasteiger partial charge in [-0.1, -0.05) is 24.3 Å². The molecule has 1 aromatic carbocycles. The highest BCUT2D eigenvalue weighted by atomic mass is 16.4. The summed E-state index contributed by atoms with van der Waals surface area (Å²) in [5.74, 6) is -0.220. The van der Waals surface area contributed by atoms with Gasteiger partial charge in [-0.05, 0) is 56.7 Å². The summed E-state index contributed by atoms with van der Waals surface area (Å²) in [7, 11) is 2.00. The highest BCUT2D eigenvalue weighted by Crippen LogP contribution is 2.37. The Hall–Kier alpha value is -1.35. The molecule has 2 N–H and O–H groups in total. The minimum absolute atomic E-state index is 0.134. The number of aliphatic carboxylic acids is 1. The molecule has 0 bridgehead atoms. The summed E-state index contributed by atoms with van der Waals surface area (Å²) in [6.07, 6.45) is 3.61. The van der Waals surface area contributed by atoms with Crippen LogP contribution < -0.4 is 5.32 Å². The van der Waals surface area contributed by atoms with Gasteiger partial charge in [0.2, 0.25) is 0 Å². The third-order valence-corrected chi connectivity index (χ3v) is 4.43. The molecule has 1 fully saturated rings. The average molecular weight is 261 g/mol. The molecule has 1 atom stereocenters. The van der Waals surface area contributed by atoms with Crippen molar-refractivity contribution < 1.29 is 9.90 Å². The second kappa shape index (κ2) is 6.20. The molecule has 0 aliphatic heterocycles. The zero-order valence-corrected chi connectivity index (χ0v) is 11.7. The predicted molar refractivity (Wildman–Crippen MR) is 76.1 cm³/mol. The number of aryl methyl sites for hydroxylation is 1. The topological polar surface area (TPSA) is 49.3 Å². The molecule has 0 heterocycles. The molecule has 1 saturated carbocycles. The van der Waals surface area contributed by atoms with Crippen molar-refractivity contribution in [3.8, 4) is 0 Å². The lowest BCUT2D eigenvalue weighted by Gasteiger charge is -2.33. The number of benzene rings is 1.